The van der Waals surface area contributed by atoms with Crippen LogP contribution in [0.1, 0.15) is 90.0 Å². The maximum Gasteiger partial charge on any atom is 0.161 e. The average molecular weight is 575 g/mol. The number of rotatable bonds is 7. The van der Waals surface area contributed by atoms with Gasteiger partial charge in [0.05, 0.1) is 13.2 Å². The van der Waals surface area contributed by atoms with E-state index in [2.05, 4.69) is 54.0 Å². The molecule has 7 atom stereocenters. The number of allylic oxidation sites excluding steroid dienone is 2. The Bertz CT molecular complexity index is 1200. The van der Waals surface area contributed by atoms with Crippen molar-refractivity contribution in [2.24, 2.45) is 28.6 Å². The summed E-state index contributed by atoms with van der Waals surface area (Å²) in [6.45, 7) is 11.6. The van der Waals surface area contributed by atoms with Gasteiger partial charge >= 0.3 is 0 Å². The number of aliphatic hydroxyl groups is 1. The standard InChI is InChI=1S/C37H54N2O3/c1-36-13-12-30-29(10-9-28-23-32(39-16-6-7-17-39)33(40)25-37(28,30)2)31(36)21-27(24-36)20-26-8-11-34(35(22-26)41-3)42-19-18-38-14-4-5-15-38/h8-9,11,20,22,29-33,40H,4-7,10,12-19,21,23-25H2,1-3H3/t29-,30-,31+,32?,33?,36-,37+/m1/s1. The minimum absolute atomic E-state index is 0.171. The molecule has 2 saturated heterocycles. The molecule has 2 heterocycles. The highest BCUT2D eigenvalue weighted by Crippen LogP contribution is 2.66. The van der Waals surface area contributed by atoms with Crippen LogP contribution in [0.3, 0.4) is 0 Å². The van der Waals surface area contributed by atoms with Gasteiger partial charge in [0, 0.05) is 12.6 Å². The van der Waals surface area contributed by atoms with E-state index in [0.29, 0.717) is 24.0 Å². The van der Waals surface area contributed by atoms with Crippen LogP contribution < -0.4 is 9.47 Å². The number of aliphatic hydroxyl groups excluding tert-OH is 1. The van der Waals surface area contributed by atoms with E-state index in [4.69, 9.17) is 9.47 Å². The molecule has 2 aliphatic heterocycles. The smallest absolute Gasteiger partial charge is 0.161 e. The summed E-state index contributed by atoms with van der Waals surface area (Å²) in [4.78, 5) is 5.08. The van der Waals surface area contributed by atoms with Crippen LogP contribution >= 0.6 is 0 Å². The lowest BCUT2D eigenvalue weighted by molar-refractivity contribution is -0.0650. The Hall–Kier alpha value is -1.82. The van der Waals surface area contributed by atoms with Crippen molar-refractivity contribution in [3.05, 3.63) is 41.0 Å². The van der Waals surface area contributed by atoms with E-state index in [0.717, 1.165) is 42.7 Å². The molecule has 0 radical (unpaired) electrons. The Morgan fingerprint density at radius 1 is 1.00 bits per heavy atom. The highest BCUT2D eigenvalue weighted by atomic mass is 16.5. The summed E-state index contributed by atoms with van der Waals surface area (Å²) in [6, 6.07) is 6.83. The van der Waals surface area contributed by atoms with E-state index < -0.39 is 0 Å². The normalized spacial score (nSPS) is 39.6. The molecule has 5 fully saturated rings. The van der Waals surface area contributed by atoms with Gasteiger partial charge in [-0.15, -0.1) is 0 Å². The summed E-state index contributed by atoms with van der Waals surface area (Å²) in [5.74, 6) is 3.88. The lowest BCUT2D eigenvalue weighted by atomic mass is 9.47. The second-order valence-corrected chi connectivity index (χ2v) is 15.2. The Kier molecular flexibility index (Phi) is 7.99. The van der Waals surface area contributed by atoms with Crippen LogP contribution in [0, 0.1) is 28.6 Å². The second-order valence-electron chi connectivity index (χ2n) is 15.2. The van der Waals surface area contributed by atoms with Crippen molar-refractivity contribution < 1.29 is 14.6 Å². The Morgan fingerprint density at radius 3 is 2.57 bits per heavy atom. The van der Waals surface area contributed by atoms with Gasteiger partial charge in [0.1, 0.15) is 6.61 Å². The number of ether oxygens (including phenoxy) is 2. The molecule has 0 amide bonds. The number of nitrogens with zero attached hydrogens (tertiary/aromatic N) is 2. The van der Waals surface area contributed by atoms with Gasteiger partial charge in [-0.25, -0.2) is 0 Å². The molecule has 0 bridgehead atoms. The average Bonchev–Trinajstić information content (AvgIpc) is 3.75. The van der Waals surface area contributed by atoms with Crippen LogP contribution in [-0.2, 0) is 0 Å². The maximum absolute atomic E-state index is 11.4. The summed E-state index contributed by atoms with van der Waals surface area (Å²) in [7, 11) is 1.76. The lowest BCUT2D eigenvalue weighted by Gasteiger charge is -2.58. The predicted octanol–water partition coefficient (Wildman–Crippen LogP) is 6.95. The summed E-state index contributed by atoms with van der Waals surface area (Å²) >= 11 is 0. The van der Waals surface area contributed by atoms with E-state index in [-0.39, 0.29) is 11.5 Å². The van der Waals surface area contributed by atoms with Crippen LogP contribution in [0.2, 0.25) is 0 Å². The van der Waals surface area contributed by atoms with Gasteiger partial charge in [0.25, 0.3) is 0 Å². The summed E-state index contributed by atoms with van der Waals surface area (Å²) in [5, 5.41) is 11.4. The predicted molar refractivity (Wildman–Crippen MR) is 170 cm³/mol. The van der Waals surface area contributed by atoms with Gasteiger partial charge in [-0.2, -0.15) is 0 Å². The molecule has 42 heavy (non-hydrogen) atoms. The Balaban J connectivity index is 1.05. The number of likely N-dealkylation sites (tertiary alicyclic amines) is 2. The Morgan fingerprint density at radius 2 is 1.79 bits per heavy atom. The van der Waals surface area contributed by atoms with E-state index in [1.54, 1.807) is 18.3 Å². The third kappa shape index (κ3) is 5.26. The van der Waals surface area contributed by atoms with E-state index in [1.165, 1.54) is 89.5 Å². The molecule has 2 unspecified atom stereocenters. The van der Waals surface area contributed by atoms with Crippen molar-refractivity contribution in [1.29, 1.82) is 0 Å². The molecular formula is C37H54N2O3. The summed E-state index contributed by atoms with van der Waals surface area (Å²) < 4.78 is 11.9. The zero-order valence-corrected chi connectivity index (χ0v) is 26.5. The maximum atomic E-state index is 11.4. The van der Waals surface area contributed by atoms with Crippen LogP contribution in [0.15, 0.2) is 35.4 Å². The first-order chi connectivity index (χ1) is 20.4. The zero-order valence-electron chi connectivity index (χ0n) is 26.5. The molecule has 6 aliphatic rings. The molecule has 3 saturated carbocycles. The molecule has 1 N–H and O–H groups in total. The van der Waals surface area contributed by atoms with Gasteiger partial charge in [-0.3, -0.25) is 9.80 Å². The minimum Gasteiger partial charge on any atom is -0.493 e. The zero-order chi connectivity index (χ0) is 28.9. The number of methoxy groups -OCH3 is 1. The van der Waals surface area contributed by atoms with Gasteiger partial charge in [0.2, 0.25) is 0 Å². The fourth-order valence-electron chi connectivity index (χ4n) is 10.5. The fraction of sp³-hybridized carbons (Fsp3) is 0.730. The highest BCUT2D eigenvalue weighted by Gasteiger charge is 2.58. The monoisotopic (exact) mass is 574 g/mol. The molecule has 5 nitrogen and oxygen atoms in total. The molecule has 0 aromatic heterocycles. The van der Waals surface area contributed by atoms with E-state index in [9.17, 15) is 5.11 Å². The van der Waals surface area contributed by atoms with Crippen LogP contribution in [0.4, 0.5) is 0 Å². The lowest BCUT2D eigenvalue weighted by Crippen LogP contribution is -2.55. The quantitative estimate of drug-likeness (QED) is 0.357. The summed E-state index contributed by atoms with van der Waals surface area (Å²) in [6.07, 6.45) is 18.5. The van der Waals surface area contributed by atoms with Gasteiger partial charge in [0.15, 0.2) is 11.5 Å². The SMILES string of the molecule is COc1cc(C=C2C[C@H]3[C@@H]4CC=C5CC(N6CCCC6)C(O)C[C@]5(C)[C@@H]4CC[C@]3(C)C2)ccc1OCCN1CCCC1. The largest absolute Gasteiger partial charge is 0.493 e. The third-order valence-electron chi connectivity index (χ3n) is 12.8. The molecular weight excluding hydrogens is 520 g/mol. The molecule has 0 spiro atoms. The van der Waals surface area contributed by atoms with E-state index in [1.807, 2.05) is 0 Å². The van der Waals surface area contributed by atoms with Gasteiger partial charge < -0.3 is 14.6 Å². The first-order valence-electron chi connectivity index (χ1n) is 17.2. The number of benzene rings is 1. The number of fused-ring (bicyclic) bond motifs is 5. The second kappa shape index (κ2) is 11.6. The molecule has 230 valence electrons. The van der Waals surface area contributed by atoms with E-state index >= 15 is 0 Å². The molecule has 7 rings (SSSR count). The summed E-state index contributed by atoms with van der Waals surface area (Å²) in [5.41, 5.74) is 5.07. The van der Waals surface area contributed by atoms with Crippen LogP contribution in [0.25, 0.3) is 6.08 Å². The van der Waals surface area contributed by atoms with Crippen molar-refractivity contribution in [3.8, 4) is 11.5 Å². The van der Waals surface area contributed by atoms with Crippen molar-refractivity contribution in [3.63, 3.8) is 0 Å². The molecule has 4 aliphatic carbocycles. The number of hydrogen-bond donors (Lipinski definition) is 1. The molecule has 1 aromatic carbocycles. The minimum atomic E-state index is -0.182. The van der Waals surface area contributed by atoms with Gasteiger partial charge in [-0.05, 0) is 143 Å². The highest BCUT2D eigenvalue weighted by molar-refractivity contribution is 5.59. The molecule has 1 aromatic rings. The van der Waals surface area contributed by atoms with Crippen LogP contribution in [-0.4, -0.2) is 73.5 Å². The van der Waals surface area contributed by atoms with Gasteiger partial charge in [-0.1, -0.05) is 43.2 Å². The van der Waals surface area contributed by atoms with Crippen molar-refractivity contribution >= 4 is 6.08 Å². The molecule has 5 heteroatoms. The first kappa shape index (κ1) is 28.9. The fourth-order valence-corrected chi connectivity index (χ4v) is 10.5. The number of hydrogen-bond acceptors (Lipinski definition) is 5. The Labute approximate surface area is 254 Å². The first-order valence-corrected chi connectivity index (χ1v) is 17.2. The third-order valence-corrected chi connectivity index (χ3v) is 12.8. The van der Waals surface area contributed by atoms with Crippen molar-refractivity contribution in [2.75, 3.05) is 46.4 Å². The van der Waals surface area contributed by atoms with Crippen molar-refractivity contribution in [2.45, 2.75) is 96.6 Å². The van der Waals surface area contributed by atoms with Crippen LogP contribution in [0.5, 0.6) is 11.5 Å². The van der Waals surface area contributed by atoms with Crippen molar-refractivity contribution in [1.82, 2.24) is 9.80 Å². The topological polar surface area (TPSA) is 45.2 Å².